The Labute approximate surface area is 177 Å². The Kier molecular flexibility index (Phi) is 4.55. The van der Waals surface area contributed by atoms with E-state index in [-0.39, 0.29) is 24.1 Å². The molecule has 9 nitrogen and oxygen atoms in total. The molecule has 4 aromatic rings. The highest BCUT2D eigenvalue weighted by molar-refractivity contribution is 5.82. The van der Waals surface area contributed by atoms with E-state index in [9.17, 15) is 9.59 Å². The van der Waals surface area contributed by atoms with Crippen LogP contribution in [0, 0.1) is 11.3 Å². The first-order valence-corrected chi connectivity index (χ1v) is 10.2. The maximum absolute atomic E-state index is 13.1. The first-order chi connectivity index (χ1) is 15.1. The fourth-order valence-corrected chi connectivity index (χ4v) is 4.42. The van der Waals surface area contributed by atoms with Crippen molar-refractivity contribution in [3.63, 3.8) is 0 Å². The number of fused-ring (bicyclic) bond motifs is 2. The van der Waals surface area contributed by atoms with E-state index in [1.54, 1.807) is 31.8 Å². The molecule has 156 valence electrons. The lowest BCUT2D eigenvalue weighted by Gasteiger charge is -2.32. The average molecular weight is 415 g/mol. The van der Waals surface area contributed by atoms with Crippen LogP contribution in [0.3, 0.4) is 0 Å². The third-order valence-corrected chi connectivity index (χ3v) is 5.98. The number of nitrogens with zero attached hydrogens (tertiary/aromatic N) is 7. The summed E-state index contributed by atoms with van der Waals surface area (Å²) in [7, 11) is 1.74. The highest BCUT2D eigenvalue weighted by Gasteiger charge is 2.28. The normalized spacial score (nSPS) is 16.6. The summed E-state index contributed by atoms with van der Waals surface area (Å²) in [5.74, 6) is -0.194. The van der Waals surface area contributed by atoms with Gasteiger partial charge in [-0.25, -0.2) is 14.3 Å². The van der Waals surface area contributed by atoms with Crippen LogP contribution in [-0.4, -0.2) is 47.6 Å². The van der Waals surface area contributed by atoms with Gasteiger partial charge in [-0.1, -0.05) is 6.07 Å². The molecule has 1 saturated heterocycles. The van der Waals surface area contributed by atoms with Crippen LogP contribution in [0.5, 0.6) is 0 Å². The Morgan fingerprint density at radius 1 is 1.26 bits per heavy atom. The van der Waals surface area contributed by atoms with Crippen LogP contribution in [-0.2, 0) is 11.8 Å². The Bertz CT molecular complexity index is 1410. The number of pyridine rings is 2. The molecular weight excluding hydrogens is 394 g/mol. The van der Waals surface area contributed by atoms with Crippen molar-refractivity contribution >= 4 is 22.6 Å². The molecular formula is C22H21N7O2. The minimum atomic E-state index is -0.194. The fourth-order valence-electron chi connectivity index (χ4n) is 4.42. The lowest BCUT2D eigenvalue weighted by atomic mass is 10.1. The van der Waals surface area contributed by atoms with E-state index in [1.165, 1.54) is 0 Å². The molecule has 9 heteroatoms. The zero-order valence-electron chi connectivity index (χ0n) is 17.1. The second-order valence-corrected chi connectivity index (χ2v) is 7.81. The monoisotopic (exact) mass is 415 g/mol. The van der Waals surface area contributed by atoms with Gasteiger partial charge >= 0.3 is 5.69 Å². The molecule has 0 radical (unpaired) electrons. The van der Waals surface area contributed by atoms with Gasteiger partial charge in [0.1, 0.15) is 6.42 Å². The van der Waals surface area contributed by atoms with Crippen molar-refractivity contribution in [2.24, 2.45) is 7.05 Å². The number of hydrogen-bond donors (Lipinski definition) is 0. The lowest BCUT2D eigenvalue weighted by molar-refractivity contribution is -0.131. The Hall–Kier alpha value is -3.93. The van der Waals surface area contributed by atoms with E-state index in [4.69, 9.17) is 10.2 Å². The van der Waals surface area contributed by atoms with Crippen LogP contribution >= 0.6 is 0 Å². The van der Waals surface area contributed by atoms with Crippen molar-refractivity contribution in [2.45, 2.75) is 25.3 Å². The minimum Gasteiger partial charge on any atom is -0.340 e. The van der Waals surface area contributed by atoms with Gasteiger partial charge in [-0.05, 0) is 37.1 Å². The Balaban J connectivity index is 1.61. The number of imidazole rings is 1. The highest BCUT2D eigenvalue weighted by Crippen LogP contribution is 2.28. The molecule has 0 aromatic carbocycles. The summed E-state index contributed by atoms with van der Waals surface area (Å²) in [5.41, 5.74) is 3.75. The molecule has 1 fully saturated rings. The number of carbonyl (C=O) groups excluding carboxylic acids is 1. The number of hydrogen-bond acceptors (Lipinski definition) is 5. The van der Waals surface area contributed by atoms with Crippen LogP contribution in [0.4, 0.5) is 0 Å². The molecule has 1 atom stereocenters. The van der Waals surface area contributed by atoms with Gasteiger partial charge in [-0.15, -0.1) is 0 Å². The maximum Gasteiger partial charge on any atom is 0.330 e. The maximum atomic E-state index is 13.1. The number of likely N-dealkylation sites (tertiary alicyclic amines) is 1. The van der Waals surface area contributed by atoms with E-state index in [0.717, 1.165) is 35.1 Å². The molecule has 4 aromatic heterocycles. The second-order valence-electron chi connectivity index (χ2n) is 7.81. The quantitative estimate of drug-likeness (QED) is 0.510. The summed E-state index contributed by atoms with van der Waals surface area (Å²) in [6, 6.07) is 11.4. The van der Waals surface area contributed by atoms with E-state index < -0.39 is 0 Å². The molecule has 0 bridgehead atoms. The molecule has 5 heterocycles. The third-order valence-electron chi connectivity index (χ3n) is 5.98. The van der Waals surface area contributed by atoms with Gasteiger partial charge in [0, 0.05) is 31.9 Å². The van der Waals surface area contributed by atoms with Gasteiger partial charge in [0.15, 0.2) is 5.65 Å². The zero-order chi connectivity index (χ0) is 21.5. The number of aromatic nitrogens is 5. The summed E-state index contributed by atoms with van der Waals surface area (Å²) < 4.78 is 5.09. The van der Waals surface area contributed by atoms with Gasteiger partial charge in [0.2, 0.25) is 5.91 Å². The lowest BCUT2D eigenvalue weighted by Crippen LogP contribution is -2.42. The SMILES string of the molecule is Cn1c(=O)n([C@@H]2CCCN(C(=O)CC#N)C2)c2nc(-c3cnn4ccccc34)ccc21. The van der Waals surface area contributed by atoms with Crippen molar-refractivity contribution < 1.29 is 4.79 Å². The van der Waals surface area contributed by atoms with Gasteiger partial charge in [0.05, 0.1) is 35.0 Å². The first-order valence-electron chi connectivity index (χ1n) is 10.2. The number of amides is 1. The molecule has 1 aliphatic rings. The Morgan fingerprint density at radius 2 is 2.13 bits per heavy atom. The van der Waals surface area contributed by atoms with E-state index >= 15 is 0 Å². The number of carbonyl (C=O) groups is 1. The number of rotatable bonds is 3. The summed E-state index contributed by atoms with van der Waals surface area (Å²) in [4.78, 5) is 31.9. The van der Waals surface area contributed by atoms with Gasteiger partial charge in [0.25, 0.3) is 0 Å². The number of nitriles is 1. The van der Waals surface area contributed by atoms with Gasteiger partial charge < -0.3 is 4.90 Å². The van der Waals surface area contributed by atoms with Crippen LogP contribution in [0.2, 0.25) is 0 Å². The number of aryl methyl sites for hydroxylation is 1. The van der Waals surface area contributed by atoms with Crippen molar-refractivity contribution in [3.05, 3.63) is 53.2 Å². The summed E-state index contributed by atoms with van der Waals surface area (Å²) in [6.45, 7) is 1.01. The van der Waals surface area contributed by atoms with E-state index in [1.807, 2.05) is 42.6 Å². The van der Waals surface area contributed by atoms with Crippen LogP contribution in [0.1, 0.15) is 25.3 Å². The standard InChI is InChI=1S/C22H21N7O2/c1-26-19-8-7-17(16-13-24-28-12-3-2-6-18(16)28)25-21(19)29(22(26)31)15-5-4-11-27(14-15)20(30)9-10-23/h2-3,6-8,12-13,15H,4-5,9,11,14H2,1H3/t15-/m1/s1. The minimum absolute atomic E-state index is 0.145. The van der Waals surface area contributed by atoms with Crippen molar-refractivity contribution in [1.82, 2.24) is 28.6 Å². The smallest absolute Gasteiger partial charge is 0.330 e. The first kappa shape index (κ1) is 19.1. The van der Waals surface area contributed by atoms with Crippen LogP contribution in [0.25, 0.3) is 27.9 Å². The van der Waals surface area contributed by atoms with Crippen molar-refractivity contribution in [1.29, 1.82) is 5.26 Å². The molecule has 0 saturated carbocycles. The van der Waals surface area contributed by atoms with Gasteiger partial charge in [-0.3, -0.25) is 13.9 Å². The largest absolute Gasteiger partial charge is 0.340 e. The molecule has 0 spiro atoms. The number of piperidine rings is 1. The molecule has 5 rings (SSSR count). The average Bonchev–Trinajstić information content (AvgIpc) is 3.33. The zero-order valence-corrected chi connectivity index (χ0v) is 17.1. The predicted octanol–water partition coefficient (Wildman–Crippen LogP) is 2.13. The molecule has 0 unspecified atom stereocenters. The molecule has 0 aliphatic carbocycles. The fraction of sp³-hybridized carbons (Fsp3) is 0.318. The van der Waals surface area contributed by atoms with Crippen molar-refractivity contribution in [2.75, 3.05) is 13.1 Å². The molecule has 1 aliphatic heterocycles. The summed E-state index contributed by atoms with van der Waals surface area (Å²) in [5, 5.41) is 13.3. The molecule has 1 amide bonds. The van der Waals surface area contributed by atoms with E-state index in [2.05, 4.69) is 5.10 Å². The summed E-state index contributed by atoms with van der Waals surface area (Å²) >= 11 is 0. The topological polar surface area (TPSA) is 101 Å². The van der Waals surface area contributed by atoms with Crippen LogP contribution < -0.4 is 5.69 Å². The molecule has 31 heavy (non-hydrogen) atoms. The van der Waals surface area contributed by atoms with Crippen LogP contribution in [0.15, 0.2) is 47.5 Å². The summed E-state index contributed by atoms with van der Waals surface area (Å²) in [6.07, 6.45) is 5.06. The third kappa shape index (κ3) is 3.08. The highest BCUT2D eigenvalue weighted by atomic mass is 16.2. The molecule has 0 N–H and O–H groups in total. The van der Waals surface area contributed by atoms with E-state index in [0.29, 0.717) is 18.7 Å². The van der Waals surface area contributed by atoms with Gasteiger partial charge in [-0.2, -0.15) is 10.4 Å². The van der Waals surface area contributed by atoms with Crippen molar-refractivity contribution in [3.8, 4) is 17.3 Å². The Morgan fingerprint density at radius 3 is 2.97 bits per heavy atom. The second kappa shape index (κ2) is 7.40. The predicted molar refractivity (Wildman–Crippen MR) is 114 cm³/mol.